The quantitative estimate of drug-likeness (QED) is 0.709. The van der Waals surface area contributed by atoms with E-state index in [0.29, 0.717) is 6.54 Å². The van der Waals surface area contributed by atoms with Crippen molar-refractivity contribution in [3.63, 3.8) is 0 Å². The van der Waals surface area contributed by atoms with Crippen molar-refractivity contribution >= 4 is 5.69 Å². The highest BCUT2D eigenvalue weighted by Crippen LogP contribution is 2.08. The van der Waals surface area contributed by atoms with Gasteiger partial charge in [0.2, 0.25) is 0 Å². The van der Waals surface area contributed by atoms with Crippen LogP contribution in [-0.2, 0) is 13.1 Å². The van der Waals surface area contributed by atoms with Gasteiger partial charge in [0.15, 0.2) is 0 Å². The van der Waals surface area contributed by atoms with Gasteiger partial charge < -0.3 is 16.0 Å². The predicted molar refractivity (Wildman–Crippen MR) is 62.5 cm³/mol. The largest absolute Gasteiger partial charge is 0.379 e. The molecule has 0 radical (unpaired) electrons. The van der Waals surface area contributed by atoms with Crippen LogP contribution >= 0.6 is 0 Å². The summed E-state index contributed by atoms with van der Waals surface area (Å²) in [5, 5.41) is 3.33. The van der Waals surface area contributed by atoms with Gasteiger partial charge in [-0.15, -0.1) is 0 Å². The molecule has 0 aliphatic rings. The molecule has 3 nitrogen and oxygen atoms in total. The third kappa shape index (κ3) is 2.60. The topological polar surface area (TPSA) is 53.8 Å². The van der Waals surface area contributed by atoms with Crippen LogP contribution in [0.2, 0.25) is 0 Å². The Morgan fingerprint density at radius 2 is 1.73 bits per heavy atom. The molecule has 78 valence electrons. The summed E-state index contributed by atoms with van der Waals surface area (Å²) >= 11 is 0. The number of para-hydroxylation sites is 1. The molecule has 0 saturated heterocycles. The lowest BCUT2D eigenvalue weighted by atomic mass is 10.3. The van der Waals surface area contributed by atoms with Crippen LogP contribution in [0.1, 0.15) is 11.4 Å². The van der Waals surface area contributed by atoms with Crippen LogP contribution < -0.4 is 11.1 Å². The molecule has 3 heteroatoms. The standard InChI is InChI=1S/C12H15N3/c13-8-11-6-7-12(15-11)9-14-10-4-2-1-3-5-10/h1-7,14-15H,8-9,13H2. The number of nitrogens with two attached hydrogens (primary N) is 1. The average molecular weight is 201 g/mol. The Kier molecular flexibility index (Phi) is 3.05. The van der Waals surface area contributed by atoms with Crippen molar-refractivity contribution in [3.8, 4) is 0 Å². The zero-order valence-corrected chi connectivity index (χ0v) is 8.53. The van der Waals surface area contributed by atoms with E-state index in [1.807, 2.05) is 36.4 Å². The lowest BCUT2D eigenvalue weighted by molar-refractivity contribution is 0.972. The minimum atomic E-state index is 0.561. The van der Waals surface area contributed by atoms with Gasteiger partial charge in [0, 0.05) is 23.6 Å². The van der Waals surface area contributed by atoms with Crippen LogP contribution in [0.4, 0.5) is 5.69 Å². The van der Waals surface area contributed by atoms with Gasteiger partial charge in [-0.3, -0.25) is 0 Å². The van der Waals surface area contributed by atoms with Crippen molar-refractivity contribution in [1.29, 1.82) is 0 Å². The molecule has 0 unspecified atom stereocenters. The molecule has 0 aliphatic heterocycles. The Labute approximate surface area is 89.3 Å². The van der Waals surface area contributed by atoms with E-state index in [1.54, 1.807) is 0 Å². The smallest absolute Gasteiger partial charge is 0.0551 e. The minimum Gasteiger partial charge on any atom is -0.379 e. The van der Waals surface area contributed by atoms with Gasteiger partial charge >= 0.3 is 0 Å². The summed E-state index contributed by atoms with van der Waals surface area (Å²) in [5.41, 5.74) is 8.87. The molecule has 0 spiro atoms. The number of hydrogen-bond donors (Lipinski definition) is 3. The predicted octanol–water partition coefficient (Wildman–Crippen LogP) is 2.09. The third-order valence-corrected chi connectivity index (χ3v) is 2.28. The Balaban J connectivity index is 1.93. The summed E-state index contributed by atoms with van der Waals surface area (Å²) in [6.45, 7) is 1.36. The molecule has 0 bridgehead atoms. The van der Waals surface area contributed by atoms with Gasteiger partial charge in [-0.25, -0.2) is 0 Å². The van der Waals surface area contributed by atoms with E-state index in [-0.39, 0.29) is 0 Å². The van der Waals surface area contributed by atoms with Crippen LogP contribution in [0.25, 0.3) is 0 Å². The van der Waals surface area contributed by atoms with Gasteiger partial charge in [0.1, 0.15) is 0 Å². The van der Waals surface area contributed by atoms with Crippen molar-refractivity contribution in [2.75, 3.05) is 5.32 Å². The van der Waals surface area contributed by atoms with Crippen LogP contribution in [0.15, 0.2) is 42.5 Å². The van der Waals surface area contributed by atoms with E-state index in [4.69, 9.17) is 5.73 Å². The van der Waals surface area contributed by atoms with Crippen molar-refractivity contribution < 1.29 is 0 Å². The van der Waals surface area contributed by atoms with Crippen molar-refractivity contribution in [2.24, 2.45) is 5.73 Å². The fourth-order valence-corrected chi connectivity index (χ4v) is 1.47. The summed E-state index contributed by atoms with van der Waals surface area (Å²) < 4.78 is 0. The first-order valence-electron chi connectivity index (χ1n) is 5.04. The fourth-order valence-electron chi connectivity index (χ4n) is 1.47. The first kappa shape index (κ1) is 9.80. The molecule has 0 atom stereocenters. The Morgan fingerprint density at radius 3 is 2.40 bits per heavy atom. The number of rotatable bonds is 4. The van der Waals surface area contributed by atoms with Crippen LogP contribution in [0, 0.1) is 0 Å². The second kappa shape index (κ2) is 4.66. The van der Waals surface area contributed by atoms with Gasteiger partial charge in [-0.05, 0) is 24.3 Å². The van der Waals surface area contributed by atoms with Gasteiger partial charge in [-0.1, -0.05) is 18.2 Å². The normalized spacial score (nSPS) is 10.2. The molecule has 0 amide bonds. The molecule has 0 saturated carbocycles. The SMILES string of the molecule is NCc1ccc(CNc2ccccc2)[nH]1. The monoisotopic (exact) mass is 201 g/mol. The molecule has 4 N–H and O–H groups in total. The van der Waals surface area contributed by atoms with Crippen molar-refractivity contribution in [3.05, 3.63) is 53.9 Å². The first-order valence-corrected chi connectivity index (χ1v) is 5.04. The minimum absolute atomic E-state index is 0.561. The number of H-pyrrole nitrogens is 1. The van der Waals surface area contributed by atoms with E-state index >= 15 is 0 Å². The lowest BCUT2D eigenvalue weighted by Gasteiger charge is -2.04. The van der Waals surface area contributed by atoms with Gasteiger partial charge in [0.05, 0.1) is 6.54 Å². The summed E-state index contributed by atoms with van der Waals surface area (Å²) in [7, 11) is 0. The molecule has 1 aromatic carbocycles. The number of anilines is 1. The summed E-state index contributed by atoms with van der Waals surface area (Å²) in [6, 6.07) is 14.2. The molecular formula is C12H15N3. The number of benzene rings is 1. The van der Waals surface area contributed by atoms with Gasteiger partial charge in [0.25, 0.3) is 0 Å². The number of aromatic amines is 1. The van der Waals surface area contributed by atoms with Crippen LogP contribution in [0.3, 0.4) is 0 Å². The maximum atomic E-state index is 5.52. The number of aromatic nitrogens is 1. The average Bonchev–Trinajstić information content (AvgIpc) is 2.76. The van der Waals surface area contributed by atoms with Crippen LogP contribution in [0.5, 0.6) is 0 Å². The Hall–Kier alpha value is -1.74. The number of nitrogens with one attached hydrogen (secondary N) is 2. The van der Waals surface area contributed by atoms with E-state index in [1.165, 1.54) is 0 Å². The second-order valence-electron chi connectivity index (χ2n) is 3.43. The van der Waals surface area contributed by atoms with E-state index < -0.39 is 0 Å². The maximum absolute atomic E-state index is 5.52. The molecule has 15 heavy (non-hydrogen) atoms. The highest BCUT2D eigenvalue weighted by atomic mass is 14.9. The highest BCUT2D eigenvalue weighted by Gasteiger charge is 1.96. The molecule has 0 fully saturated rings. The lowest BCUT2D eigenvalue weighted by Crippen LogP contribution is -2.01. The van der Waals surface area contributed by atoms with Crippen molar-refractivity contribution in [2.45, 2.75) is 13.1 Å². The van der Waals surface area contributed by atoms with E-state index in [9.17, 15) is 0 Å². The summed E-state index contributed by atoms with van der Waals surface area (Å²) in [5.74, 6) is 0. The third-order valence-electron chi connectivity index (χ3n) is 2.28. The molecular weight excluding hydrogens is 186 g/mol. The molecule has 1 heterocycles. The molecule has 2 rings (SSSR count). The molecule has 0 aliphatic carbocycles. The summed E-state index contributed by atoms with van der Waals surface area (Å²) in [4.78, 5) is 3.25. The highest BCUT2D eigenvalue weighted by molar-refractivity contribution is 5.42. The zero-order valence-electron chi connectivity index (χ0n) is 8.53. The maximum Gasteiger partial charge on any atom is 0.0551 e. The van der Waals surface area contributed by atoms with Crippen LogP contribution in [-0.4, -0.2) is 4.98 Å². The Bertz CT molecular complexity index is 406. The second-order valence-corrected chi connectivity index (χ2v) is 3.43. The molecule has 2 aromatic rings. The van der Waals surface area contributed by atoms with Crippen molar-refractivity contribution in [1.82, 2.24) is 4.98 Å². The summed E-state index contributed by atoms with van der Waals surface area (Å²) in [6.07, 6.45) is 0. The Morgan fingerprint density at radius 1 is 1.00 bits per heavy atom. The first-order chi connectivity index (χ1) is 7.38. The number of hydrogen-bond acceptors (Lipinski definition) is 2. The molecule has 1 aromatic heterocycles. The van der Waals surface area contributed by atoms with E-state index in [0.717, 1.165) is 23.6 Å². The zero-order chi connectivity index (χ0) is 10.5. The van der Waals surface area contributed by atoms with E-state index in [2.05, 4.69) is 16.4 Å². The van der Waals surface area contributed by atoms with Gasteiger partial charge in [-0.2, -0.15) is 0 Å². The fraction of sp³-hybridized carbons (Fsp3) is 0.167.